The molecule has 1 saturated carbocycles. The van der Waals surface area contributed by atoms with Crippen molar-refractivity contribution in [1.82, 2.24) is 24.9 Å². The van der Waals surface area contributed by atoms with Crippen molar-refractivity contribution >= 4 is 5.57 Å². The first kappa shape index (κ1) is 32.8. The summed E-state index contributed by atoms with van der Waals surface area (Å²) >= 11 is 0. The summed E-state index contributed by atoms with van der Waals surface area (Å²) in [6, 6.07) is 58.5. The van der Waals surface area contributed by atoms with Gasteiger partial charge in [0, 0.05) is 33.4 Å². The van der Waals surface area contributed by atoms with Crippen LogP contribution in [0, 0.1) is 11.8 Å². The van der Waals surface area contributed by atoms with Gasteiger partial charge in [-0.1, -0.05) is 170 Å². The molecule has 2 atom stereocenters. The molecule has 6 aromatic carbocycles. The molecule has 2 aliphatic carbocycles. The topological polar surface area (TPSA) is 64.5 Å². The standard InChI is InChI=1S/C50H37N5/c1-4-10-39(11-5-1)47-51-45(32-46(52-47)38-26-22-36(23-27-38)44-31-33-16-17-43(44)30-33)37-24-18-34(19-25-37)35-20-28-42(29-21-35)50-54-48(40-12-6-2-7-13-40)53-49(55-50)41-14-8-3-9-15-41/h1-15,18-29,31-33,43H,16-17,30H2. The van der Waals surface area contributed by atoms with Crippen molar-refractivity contribution in [3.8, 4) is 79.2 Å². The summed E-state index contributed by atoms with van der Waals surface area (Å²) in [6.45, 7) is 0. The summed E-state index contributed by atoms with van der Waals surface area (Å²) in [7, 11) is 0. The molecule has 2 aliphatic rings. The lowest BCUT2D eigenvalue weighted by Crippen LogP contribution is -2.00. The number of rotatable bonds is 8. The Hall–Kier alpha value is -6.85. The summed E-state index contributed by atoms with van der Waals surface area (Å²) in [6.07, 6.45) is 6.50. The zero-order valence-corrected chi connectivity index (χ0v) is 30.3. The minimum Gasteiger partial charge on any atom is -0.228 e. The maximum absolute atomic E-state index is 5.07. The van der Waals surface area contributed by atoms with Crippen LogP contribution in [0.15, 0.2) is 176 Å². The molecule has 0 radical (unpaired) electrons. The van der Waals surface area contributed by atoms with Crippen molar-refractivity contribution in [3.05, 3.63) is 181 Å². The van der Waals surface area contributed by atoms with E-state index in [1.165, 1.54) is 30.4 Å². The molecular formula is C50H37N5. The van der Waals surface area contributed by atoms with Gasteiger partial charge >= 0.3 is 0 Å². The second kappa shape index (κ2) is 14.2. The summed E-state index contributed by atoms with van der Waals surface area (Å²) in [5, 5.41) is 0. The Morgan fingerprint density at radius 2 is 0.691 bits per heavy atom. The van der Waals surface area contributed by atoms with Gasteiger partial charge in [0.15, 0.2) is 23.3 Å². The first-order chi connectivity index (χ1) is 27.2. The molecule has 2 heterocycles. The van der Waals surface area contributed by atoms with Crippen LogP contribution < -0.4 is 0 Å². The van der Waals surface area contributed by atoms with E-state index < -0.39 is 0 Å². The van der Waals surface area contributed by atoms with Gasteiger partial charge in [0.25, 0.3) is 0 Å². The molecule has 5 heteroatoms. The van der Waals surface area contributed by atoms with Crippen molar-refractivity contribution in [2.45, 2.75) is 19.3 Å². The molecule has 0 amide bonds. The van der Waals surface area contributed by atoms with Crippen LogP contribution in [-0.2, 0) is 0 Å². The fraction of sp³-hybridized carbons (Fsp3) is 0.100. The van der Waals surface area contributed by atoms with E-state index >= 15 is 0 Å². The molecule has 8 aromatic rings. The normalized spacial score (nSPS) is 15.9. The highest BCUT2D eigenvalue weighted by atomic mass is 15.0. The van der Waals surface area contributed by atoms with Crippen molar-refractivity contribution < 1.29 is 0 Å². The quantitative estimate of drug-likeness (QED) is 0.157. The second-order valence-electron chi connectivity index (χ2n) is 14.5. The Morgan fingerprint density at radius 3 is 1.09 bits per heavy atom. The third-order valence-electron chi connectivity index (χ3n) is 11.0. The summed E-state index contributed by atoms with van der Waals surface area (Å²) in [4.78, 5) is 24.8. The Balaban J connectivity index is 0.949. The average molecular weight is 708 g/mol. The van der Waals surface area contributed by atoms with E-state index in [0.29, 0.717) is 17.5 Å². The monoisotopic (exact) mass is 707 g/mol. The third-order valence-corrected chi connectivity index (χ3v) is 11.0. The van der Waals surface area contributed by atoms with Crippen LogP contribution in [-0.4, -0.2) is 24.9 Å². The highest BCUT2D eigenvalue weighted by molar-refractivity contribution is 5.77. The lowest BCUT2D eigenvalue weighted by Gasteiger charge is -2.14. The smallest absolute Gasteiger partial charge is 0.164 e. The molecule has 0 aliphatic heterocycles. The zero-order chi connectivity index (χ0) is 36.6. The first-order valence-corrected chi connectivity index (χ1v) is 19.1. The number of hydrogen-bond acceptors (Lipinski definition) is 5. The van der Waals surface area contributed by atoms with E-state index in [1.54, 1.807) is 0 Å². The van der Waals surface area contributed by atoms with Gasteiger partial charge in [-0.25, -0.2) is 24.9 Å². The summed E-state index contributed by atoms with van der Waals surface area (Å²) in [5.41, 5.74) is 12.9. The number of benzene rings is 6. The molecule has 0 spiro atoms. The van der Waals surface area contributed by atoms with E-state index in [1.807, 2.05) is 78.9 Å². The van der Waals surface area contributed by atoms with Gasteiger partial charge in [-0.05, 0) is 59.4 Å². The molecule has 10 rings (SSSR count). The minimum atomic E-state index is 0.639. The molecule has 0 saturated heterocycles. The van der Waals surface area contributed by atoms with Gasteiger partial charge in [0.05, 0.1) is 11.4 Å². The van der Waals surface area contributed by atoms with E-state index in [2.05, 4.69) is 97.1 Å². The highest BCUT2D eigenvalue weighted by Crippen LogP contribution is 2.48. The molecule has 262 valence electrons. The minimum absolute atomic E-state index is 0.639. The van der Waals surface area contributed by atoms with Crippen LogP contribution in [0.5, 0.6) is 0 Å². The summed E-state index contributed by atoms with van der Waals surface area (Å²) < 4.78 is 0. The predicted octanol–water partition coefficient (Wildman–Crippen LogP) is 12.1. The van der Waals surface area contributed by atoms with Crippen LogP contribution in [0.3, 0.4) is 0 Å². The highest BCUT2D eigenvalue weighted by Gasteiger charge is 2.33. The van der Waals surface area contributed by atoms with Crippen LogP contribution in [0.2, 0.25) is 0 Å². The first-order valence-electron chi connectivity index (χ1n) is 19.1. The number of hydrogen-bond donors (Lipinski definition) is 0. The number of aromatic nitrogens is 5. The van der Waals surface area contributed by atoms with Gasteiger partial charge < -0.3 is 0 Å². The van der Waals surface area contributed by atoms with Crippen LogP contribution in [0.1, 0.15) is 24.8 Å². The molecule has 2 unspecified atom stereocenters. The van der Waals surface area contributed by atoms with Gasteiger partial charge in [-0.3, -0.25) is 0 Å². The maximum atomic E-state index is 5.07. The molecule has 0 N–H and O–H groups in total. The van der Waals surface area contributed by atoms with Crippen LogP contribution in [0.4, 0.5) is 0 Å². The molecule has 1 fully saturated rings. The van der Waals surface area contributed by atoms with Crippen LogP contribution >= 0.6 is 0 Å². The van der Waals surface area contributed by atoms with Gasteiger partial charge in [-0.2, -0.15) is 0 Å². The number of nitrogens with zero attached hydrogens (tertiary/aromatic N) is 5. The van der Waals surface area contributed by atoms with Crippen molar-refractivity contribution in [1.29, 1.82) is 0 Å². The fourth-order valence-corrected chi connectivity index (χ4v) is 8.05. The lowest BCUT2D eigenvalue weighted by atomic mass is 9.91. The Kier molecular flexibility index (Phi) is 8.45. The Morgan fingerprint density at radius 1 is 0.327 bits per heavy atom. The third kappa shape index (κ3) is 6.66. The van der Waals surface area contributed by atoms with Crippen molar-refractivity contribution in [3.63, 3.8) is 0 Å². The SMILES string of the molecule is C1=C(c2ccc(-c3cc(-c4ccc(-c5ccc(-c6nc(-c7ccccc7)nc(-c7ccccc7)n6)cc5)cc4)nc(-c4ccccc4)n3)cc2)C2CCC1C2. The van der Waals surface area contributed by atoms with Gasteiger partial charge in [-0.15, -0.1) is 0 Å². The van der Waals surface area contributed by atoms with Gasteiger partial charge in [0.2, 0.25) is 0 Å². The van der Waals surface area contributed by atoms with Crippen LogP contribution in [0.25, 0.3) is 84.8 Å². The fourth-order valence-electron chi connectivity index (χ4n) is 8.05. The predicted molar refractivity (Wildman–Crippen MR) is 222 cm³/mol. The van der Waals surface area contributed by atoms with E-state index in [0.717, 1.165) is 73.6 Å². The van der Waals surface area contributed by atoms with E-state index in [9.17, 15) is 0 Å². The Bertz CT molecular complexity index is 2580. The molecular weight excluding hydrogens is 671 g/mol. The zero-order valence-electron chi connectivity index (χ0n) is 30.3. The maximum Gasteiger partial charge on any atom is 0.164 e. The van der Waals surface area contributed by atoms with Crippen molar-refractivity contribution in [2.75, 3.05) is 0 Å². The second-order valence-corrected chi connectivity index (χ2v) is 14.5. The van der Waals surface area contributed by atoms with E-state index in [-0.39, 0.29) is 0 Å². The summed E-state index contributed by atoms with van der Waals surface area (Å²) in [5.74, 6) is 4.16. The molecule has 2 bridgehead atoms. The molecule has 5 nitrogen and oxygen atoms in total. The average Bonchev–Trinajstić information content (AvgIpc) is 3.92. The van der Waals surface area contributed by atoms with Gasteiger partial charge in [0.1, 0.15) is 0 Å². The number of fused-ring (bicyclic) bond motifs is 2. The van der Waals surface area contributed by atoms with Crippen molar-refractivity contribution in [2.24, 2.45) is 11.8 Å². The molecule has 2 aromatic heterocycles. The van der Waals surface area contributed by atoms with E-state index in [4.69, 9.17) is 24.9 Å². The largest absolute Gasteiger partial charge is 0.228 e. The molecule has 55 heavy (non-hydrogen) atoms. The number of allylic oxidation sites excluding steroid dienone is 2. The Labute approximate surface area is 321 Å². The lowest BCUT2D eigenvalue weighted by molar-refractivity contribution is 0.695.